The minimum Gasteiger partial charge on any atom is -0.497 e. The lowest BCUT2D eigenvalue weighted by Crippen LogP contribution is -2.43. The minimum atomic E-state index is -0.296. The van der Waals surface area contributed by atoms with Crippen LogP contribution in [0, 0.1) is 11.7 Å². The van der Waals surface area contributed by atoms with Crippen LogP contribution >= 0.6 is 11.3 Å². The van der Waals surface area contributed by atoms with Gasteiger partial charge in [-0.3, -0.25) is 4.79 Å². The van der Waals surface area contributed by atoms with E-state index >= 15 is 0 Å². The maximum Gasteiger partial charge on any atom is 0.224 e. The molecule has 1 aliphatic rings. The fraction of sp³-hybridized carbons (Fsp3) is 0.364. The number of thiazole rings is 1. The van der Waals surface area contributed by atoms with E-state index in [0.717, 1.165) is 47.0 Å². The minimum absolute atomic E-state index is 0.0727. The lowest BCUT2D eigenvalue weighted by molar-refractivity contribution is -0.125. The van der Waals surface area contributed by atoms with Gasteiger partial charge in [0.15, 0.2) is 5.13 Å². The van der Waals surface area contributed by atoms with Crippen molar-refractivity contribution in [2.24, 2.45) is 5.92 Å². The third kappa shape index (κ3) is 4.50. The van der Waals surface area contributed by atoms with Crippen molar-refractivity contribution in [3.8, 4) is 5.75 Å². The van der Waals surface area contributed by atoms with Crippen molar-refractivity contribution in [1.82, 2.24) is 10.3 Å². The third-order valence-corrected chi connectivity index (χ3v) is 6.37. The summed E-state index contributed by atoms with van der Waals surface area (Å²) in [6.07, 6.45) is 2.57. The number of nitrogens with zero attached hydrogens (tertiary/aromatic N) is 2. The van der Waals surface area contributed by atoms with Crippen molar-refractivity contribution in [2.45, 2.75) is 19.3 Å². The van der Waals surface area contributed by atoms with Gasteiger partial charge in [0.05, 0.1) is 17.7 Å². The van der Waals surface area contributed by atoms with Crippen molar-refractivity contribution in [2.75, 3.05) is 31.6 Å². The van der Waals surface area contributed by atoms with Gasteiger partial charge in [0, 0.05) is 19.6 Å². The highest BCUT2D eigenvalue weighted by Crippen LogP contribution is 2.32. The number of nitrogens with one attached hydrogen (secondary N) is 1. The predicted molar refractivity (Wildman–Crippen MR) is 114 cm³/mol. The van der Waals surface area contributed by atoms with Gasteiger partial charge >= 0.3 is 0 Å². The Labute approximate surface area is 173 Å². The molecule has 1 unspecified atom stereocenters. The van der Waals surface area contributed by atoms with E-state index in [1.165, 1.54) is 17.4 Å². The first-order valence-corrected chi connectivity index (χ1v) is 10.7. The molecular formula is C22H24FN3O2S. The number of fused-ring (bicyclic) bond motifs is 1. The first kappa shape index (κ1) is 19.6. The van der Waals surface area contributed by atoms with Crippen LogP contribution in [0.25, 0.3) is 10.2 Å². The Hall–Kier alpha value is -2.67. The second-order valence-electron chi connectivity index (χ2n) is 7.26. The van der Waals surface area contributed by atoms with E-state index in [0.29, 0.717) is 18.6 Å². The Balaban J connectivity index is 1.33. The highest BCUT2D eigenvalue weighted by Gasteiger charge is 2.27. The number of amides is 1. The van der Waals surface area contributed by atoms with E-state index < -0.39 is 0 Å². The normalized spacial score (nSPS) is 16.8. The number of anilines is 1. The van der Waals surface area contributed by atoms with E-state index in [2.05, 4.69) is 15.2 Å². The van der Waals surface area contributed by atoms with Gasteiger partial charge in [0.2, 0.25) is 5.91 Å². The van der Waals surface area contributed by atoms with Gasteiger partial charge in [-0.05, 0) is 49.1 Å². The molecule has 5 nitrogen and oxygen atoms in total. The van der Waals surface area contributed by atoms with Crippen molar-refractivity contribution < 1.29 is 13.9 Å². The molecule has 1 aliphatic heterocycles. The second-order valence-corrected chi connectivity index (χ2v) is 8.27. The Morgan fingerprint density at radius 1 is 1.31 bits per heavy atom. The van der Waals surface area contributed by atoms with Crippen molar-refractivity contribution >= 4 is 32.6 Å². The average molecular weight is 414 g/mol. The monoisotopic (exact) mass is 413 g/mol. The molecular weight excluding hydrogens is 389 g/mol. The largest absolute Gasteiger partial charge is 0.497 e. The number of carbonyl (C=O) groups excluding carboxylic acids is 1. The molecule has 152 valence electrons. The molecule has 4 rings (SSSR count). The van der Waals surface area contributed by atoms with E-state index in [1.807, 2.05) is 30.3 Å². The summed E-state index contributed by atoms with van der Waals surface area (Å²) >= 11 is 1.48. The summed E-state index contributed by atoms with van der Waals surface area (Å²) < 4.78 is 20.0. The number of ether oxygens (including phenoxy) is 1. The number of para-hydroxylation sites is 1. The summed E-state index contributed by atoms with van der Waals surface area (Å²) in [6.45, 7) is 2.07. The smallest absolute Gasteiger partial charge is 0.224 e. The zero-order valence-electron chi connectivity index (χ0n) is 16.4. The van der Waals surface area contributed by atoms with Crippen LogP contribution in [0.15, 0.2) is 42.5 Å². The SMILES string of the molecule is COc1ccc(CCNC(=O)C2CCCN(c3nc4c(F)cccc4s3)C2)cc1. The van der Waals surface area contributed by atoms with Gasteiger partial charge in [-0.15, -0.1) is 0 Å². The van der Waals surface area contributed by atoms with Crippen LogP contribution in [0.5, 0.6) is 5.75 Å². The topological polar surface area (TPSA) is 54.5 Å². The quantitative estimate of drug-likeness (QED) is 0.663. The maximum absolute atomic E-state index is 13.9. The molecule has 0 aliphatic carbocycles. The van der Waals surface area contributed by atoms with E-state index in [1.54, 1.807) is 13.2 Å². The van der Waals surface area contributed by atoms with Crippen LogP contribution < -0.4 is 15.0 Å². The fourth-order valence-electron chi connectivity index (χ4n) is 3.67. The first-order valence-electron chi connectivity index (χ1n) is 9.84. The van der Waals surface area contributed by atoms with Crippen molar-refractivity contribution in [3.63, 3.8) is 0 Å². The number of carbonyl (C=O) groups is 1. The van der Waals surface area contributed by atoms with Gasteiger partial charge in [-0.25, -0.2) is 9.37 Å². The third-order valence-electron chi connectivity index (χ3n) is 5.29. The average Bonchev–Trinajstić information content (AvgIpc) is 3.20. The highest BCUT2D eigenvalue weighted by atomic mass is 32.1. The number of methoxy groups -OCH3 is 1. The number of hydrogen-bond donors (Lipinski definition) is 1. The van der Waals surface area contributed by atoms with Crippen LogP contribution in [0.3, 0.4) is 0 Å². The van der Waals surface area contributed by atoms with E-state index in [-0.39, 0.29) is 17.6 Å². The molecule has 7 heteroatoms. The molecule has 0 radical (unpaired) electrons. The molecule has 2 aromatic carbocycles. The summed E-state index contributed by atoms with van der Waals surface area (Å²) in [7, 11) is 1.65. The van der Waals surface area contributed by atoms with Gasteiger partial charge in [-0.1, -0.05) is 29.5 Å². The van der Waals surface area contributed by atoms with Crippen molar-refractivity contribution in [1.29, 1.82) is 0 Å². The zero-order valence-corrected chi connectivity index (χ0v) is 17.2. The maximum atomic E-state index is 13.9. The molecule has 1 aromatic heterocycles. The molecule has 0 spiro atoms. The van der Waals surface area contributed by atoms with E-state index in [9.17, 15) is 9.18 Å². The molecule has 3 aromatic rings. The standard InChI is InChI=1S/C22H24FN3O2S/c1-28-17-9-7-15(8-10-17)11-12-24-21(27)16-4-3-13-26(14-16)22-25-20-18(23)5-2-6-19(20)29-22/h2,5-10,16H,3-4,11-14H2,1H3,(H,24,27). The predicted octanol–water partition coefficient (Wildman–Crippen LogP) is 4.02. The molecule has 1 atom stereocenters. The molecule has 1 amide bonds. The van der Waals surface area contributed by atoms with E-state index in [4.69, 9.17) is 4.74 Å². The summed E-state index contributed by atoms with van der Waals surface area (Å²) in [5.74, 6) is 0.539. The van der Waals surface area contributed by atoms with Crippen LogP contribution in [-0.2, 0) is 11.2 Å². The van der Waals surface area contributed by atoms with Crippen LogP contribution in [-0.4, -0.2) is 37.6 Å². The van der Waals surface area contributed by atoms with Gasteiger partial charge in [-0.2, -0.15) is 0 Å². The number of piperidine rings is 1. The summed E-state index contributed by atoms with van der Waals surface area (Å²) in [5.41, 5.74) is 1.58. The Kier molecular flexibility index (Phi) is 5.94. The fourth-order valence-corrected chi connectivity index (χ4v) is 4.68. The van der Waals surface area contributed by atoms with Gasteiger partial charge in [0.25, 0.3) is 0 Å². The summed E-state index contributed by atoms with van der Waals surface area (Å²) in [5, 5.41) is 3.86. The number of aromatic nitrogens is 1. The molecule has 1 fully saturated rings. The lowest BCUT2D eigenvalue weighted by atomic mass is 9.97. The highest BCUT2D eigenvalue weighted by molar-refractivity contribution is 7.22. The lowest BCUT2D eigenvalue weighted by Gasteiger charge is -2.31. The van der Waals surface area contributed by atoms with Crippen LogP contribution in [0.4, 0.5) is 9.52 Å². The van der Waals surface area contributed by atoms with Crippen LogP contribution in [0.2, 0.25) is 0 Å². The van der Waals surface area contributed by atoms with Gasteiger partial charge < -0.3 is 15.0 Å². The number of halogens is 1. The molecule has 29 heavy (non-hydrogen) atoms. The molecule has 2 heterocycles. The zero-order chi connectivity index (χ0) is 20.2. The number of hydrogen-bond acceptors (Lipinski definition) is 5. The molecule has 1 N–H and O–H groups in total. The summed E-state index contributed by atoms with van der Waals surface area (Å²) in [4.78, 5) is 19.2. The molecule has 0 saturated carbocycles. The Morgan fingerprint density at radius 3 is 2.90 bits per heavy atom. The van der Waals surface area contributed by atoms with Crippen LogP contribution in [0.1, 0.15) is 18.4 Å². The number of rotatable bonds is 6. The number of benzene rings is 2. The molecule has 1 saturated heterocycles. The first-order chi connectivity index (χ1) is 14.1. The molecule has 0 bridgehead atoms. The van der Waals surface area contributed by atoms with Crippen molar-refractivity contribution in [3.05, 3.63) is 53.8 Å². The summed E-state index contributed by atoms with van der Waals surface area (Å²) in [6, 6.07) is 12.9. The van der Waals surface area contributed by atoms with Gasteiger partial charge in [0.1, 0.15) is 17.1 Å². The Morgan fingerprint density at radius 2 is 2.14 bits per heavy atom. The second kappa shape index (κ2) is 8.78. The Bertz CT molecular complexity index is 989.